The van der Waals surface area contributed by atoms with Gasteiger partial charge in [0, 0.05) is 62.5 Å². The molecule has 0 radical (unpaired) electrons. The number of nitrogens with zero attached hydrogens (tertiary/aromatic N) is 3. The van der Waals surface area contributed by atoms with Crippen molar-refractivity contribution in [3.63, 3.8) is 0 Å². The van der Waals surface area contributed by atoms with Crippen LogP contribution in [0.3, 0.4) is 0 Å². The normalized spacial score (nSPS) is 17.8. The van der Waals surface area contributed by atoms with Crippen LogP contribution in [0.4, 0.5) is 0 Å². The van der Waals surface area contributed by atoms with E-state index < -0.39 is 10.0 Å². The summed E-state index contributed by atoms with van der Waals surface area (Å²) in [7, 11) is 2.74. The Bertz CT molecular complexity index is 1400. The molecule has 0 atom stereocenters. The topological polar surface area (TPSA) is 107 Å². The van der Waals surface area contributed by atoms with Gasteiger partial charge in [-0.15, -0.1) is 0 Å². The van der Waals surface area contributed by atoms with Crippen LogP contribution in [0.2, 0.25) is 0 Å². The van der Waals surface area contributed by atoms with Crippen molar-refractivity contribution in [2.24, 2.45) is 0 Å². The minimum atomic E-state index is -3.92. The molecular formula is C27H33N3O8S. The zero-order valence-corrected chi connectivity index (χ0v) is 23.4. The molecule has 1 fully saturated rings. The maximum Gasteiger partial charge on any atom is 0.247 e. The molecular weight excluding hydrogens is 526 g/mol. The van der Waals surface area contributed by atoms with E-state index in [9.17, 15) is 13.2 Å². The number of piperazine rings is 1. The molecule has 0 N–H and O–H groups in total. The molecule has 0 spiro atoms. The van der Waals surface area contributed by atoms with Crippen LogP contribution in [0, 0.1) is 0 Å². The molecule has 3 heterocycles. The predicted molar refractivity (Wildman–Crippen MR) is 143 cm³/mol. The van der Waals surface area contributed by atoms with Crippen molar-refractivity contribution in [3.05, 3.63) is 41.0 Å². The first kappa shape index (κ1) is 27.1. The van der Waals surface area contributed by atoms with Gasteiger partial charge in [0.2, 0.25) is 28.5 Å². The van der Waals surface area contributed by atoms with E-state index in [1.807, 2.05) is 13.1 Å². The number of ether oxygens (including phenoxy) is 5. The number of carbonyl (C=O) groups is 1. The summed E-state index contributed by atoms with van der Waals surface area (Å²) < 4.78 is 57.0. The lowest BCUT2D eigenvalue weighted by Crippen LogP contribution is -2.50. The molecule has 0 aromatic heterocycles. The Hall–Kier alpha value is -3.48. The highest BCUT2D eigenvalue weighted by atomic mass is 32.2. The van der Waals surface area contributed by atoms with Crippen LogP contribution >= 0.6 is 0 Å². The molecule has 0 bridgehead atoms. The maximum atomic E-state index is 14.0. The number of carbonyl (C=O) groups excluding carboxylic acids is 1. The Labute approximate surface area is 228 Å². The Morgan fingerprint density at radius 1 is 0.949 bits per heavy atom. The average Bonchev–Trinajstić information content (AvgIpc) is 3.43. The van der Waals surface area contributed by atoms with Gasteiger partial charge in [0.15, 0.2) is 11.5 Å². The number of amides is 1. The molecule has 5 rings (SSSR count). The molecule has 0 aliphatic carbocycles. The van der Waals surface area contributed by atoms with Gasteiger partial charge in [0.05, 0.1) is 21.3 Å². The second-order valence-corrected chi connectivity index (χ2v) is 11.4. The van der Waals surface area contributed by atoms with Crippen LogP contribution in [0.15, 0.2) is 29.2 Å². The van der Waals surface area contributed by atoms with E-state index in [0.29, 0.717) is 48.1 Å². The minimum absolute atomic E-state index is 0.0689. The van der Waals surface area contributed by atoms with E-state index in [1.54, 1.807) is 44.4 Å². The summed E-state index contributed by atoms with van der Waals surface area (Å²) in [6, 6.07) is 5.34. The van der Waals surface area contributed by atoms with Crippen molar-refractivity contribution in [1.29, 1.82) is 0 Å². The van der Waals surface area contributed by atoms with Crippen molar-refractivity contribution in [1.82, 2.24) is 14.1 Å². The number of likely N-dealkylation sites (N-methyl/N-ethyl adjacent to an activating group) is 1. The lowest BCUT2D eigenvalue weighted by atomic mass is 9.97. The van der Waals surface area contributed by atoms with Crippen LogP contribution < -0.4 is 23.7 Å². The fourth-order valence-corrected chi connectivity index (χ4v) is 7.06. The summed E-state index contributed by atoms with van der Waals surface area (Å²) in [5, 5.41) is 0. The van der Waals surface area contributed by atoms with Crippen LogP contribution in [-0.2, 0) is 27.8 Å². The van der Waals surface area contributed by atoms with Gasteiger partial charge in [0.1, 0.15) is 16.4 Å². The average molecular weight is 560 g/mol. The summed E-state index contributed by atoms with van der Waals surface area (Å²) in [4.78, 5) is 16.8. The Kier molecular flexibility index (Phi) is 7.61. The Balaban J connectivity index is 1.35. The molecule has 1 saturated heterocycles. The van der Waals surface area contributed by atoms with E-state index in [4.69, 9.17) is 23.7 Å². The van der Waals surface area contributed by atoms with Crippen molar-refractivity contribution >= 4 is 22.0 Å². The first-order valence-corrected chi connectivity index (χ1v) is 14.1. The summed E-state index contributed by atoms with van der Waals surface area (Å²) in [5.41, 5.74) is 2.25. The highest BCUT2D eigenvalue weighted by Crippen LogP contribution is 2.51. The maximum absolute atomic E-state index is 14.0. The van der Waals surface area contributed by atoms with Crippen LogP contribution in [0.1, 0.15) is 16.7 Å². The monoisotopic (exact) mass is 559 g/mol. The molecule has 12 heteroatoms. The van der Waals surface area contributed by atoms with E-state index >= 15 is 0 Å². The lowest BCUT2D eigenvalue weighted by molar-refractivity contribution is -0.127. The third-order valence-corrected chi connectivity index (χ3v) is 9.30. The van der Waals surface area contributed by atoms with Gasteiger partial charge in [-0.05, 0) is 37.2 Å². The number of hydrogen-bond donors (Lipinski definition) is 0. The third-order valence-electron chi connectivity index (χ3n) is 7.31. The van der Waals surface area contributed by atoms with E-state index in [0.717, 1.165) is 11.1 Å². The fourth-order valence-electron chi connectivity index (χ4n) is 5.24. The first-order chi connectivity index (χ1) is 18.8. The molecule has 39 heavy (non-hydrogen) atoms. The molecule has 3 aliphatic rings. The highest BCUT2D eigenvalue weighted by molar-refractivity contribution is 7.89. The largest absolute Gasteiger partial charge is 0.497 e. The van der Waals surface area contributed by atoms with Crippen molar-refractivity contribution < 1.29 is 36.9 Å². The van der Waals surface area contributed by atoms with Gasteiger partial charge in [-0.2, -0.15) is 4.31 Å². The summed E-state index contributed by atoms with van der Waals surface area (Å²) in [6.07, 6.45) is 3.71. The highest BCUT2D eigenvalue weighted by Gasteiger charge is 2.41. The van der Waals surface area contributed by atoms with Gasteiger partial charge >= 0.3 is 0 Å². The molecule has 210 valence electrons. The zero-order chi connectivity index (χ0) is 27.7. The molecule has 2 aromatic carbocycles. The van der Waals surface area contributed by atoms with Crippen molar-refractivity contribution in [3.8, 4) is 28.7 Å². The van der Waals surface area contributed by atoms with E-state index in [2.05, 4.69) is 4.90 Å². The summed E-state index contributed by atoms with van der Waals surface area (Å²) in [5.74, 6) is 2.11. The second kappa shape index (κ2) is 10.9. The van der Waals surface area contributed by atoms with Gasteiger partial charge < -0.3 is 33.5 Å². The van der Waals surface area contributed by atoms with Gasteiger partial charge in [-0.25, -0.2) is 8.42 Å². The van der Waals surface area contributed by atoms with Crippen molar-refractivity contribution in [2.45, 2.75) is 17.9 Å². The molecule has 3 aliphatic heterocycles. The van der Waals surface area contributed by atoms with Crippen LogP contribution in [0.25, 0.3) is 6.08 Å². The molecule has 0 unspecified atom stereocenters. The quantitative estimate of drug-likeness (QED) is 0.471. The van der Waals surface area contributed by atoms with E-state index in [-0.39, 0.29) is 49.5 Å². The van der Waals surface area contributed by atoms with Gasteiger partial charge in [-0.3, -0.25) is 4.79 Å². The standard InChI is InChI=1S/C27H33N3O8S/c1-28-10-9-20-21(16-28)24(36-4)25-26(38-17-37-25)27(20)39(32,33)30-13-11-29(12-14-30)23(31)8-6-18-5-7-19(34-2)15-22(18)35-3/h5-8,15H,9-14,16-17H2,1-4H3/b8-6+. The first-order valence-electron chi connectivity index (χ1n) is 12.7. The van der Waals surface area contributed by atoms with Gasteiger partial charge in [-0.1, -0.05) is 0 Å². The SMILES string of the molecule is COc1ccc(/C=C/C(=O)N2CCN(S(=O)(=O)c3c4c(c(OC)c5c3OCO5)CN(C)CC4)CC2)c(OC)c1. The smallest absolute Gasteiger partial charge is 0.247 e. The fraction of sp³-hybridized carbons (Fsp3) is 0.444. The lowest BCUT2D eigenvalue weighted by Gasteiger charge is -2.35. The molecule has 0 saturated carbocycles. The van der Waals surface area contributed by atoms with Crippen LogP contribution in [0.5, 0.6) is 28.7 Å². The number of methoxy groups -OCH3 is 3. The molecule has 1 amide bonds. The number of rotatable bonds is 7. The number of sulfonamides is 1. The summed E-state index contributed by atoms with van der Waals surface area (Å²) in [6.45, 7) is 2.07. The second-order valence-electron chi connectivity index (χ2n) is 9.54. The van der Waals surface area contributed by atoms with Gasteiger partial charge in [0.25, 0.3) is 0 Å². The summed E-state index contributed by atoms with van der Waals surface area (Å²) >= 11 is 0. The molecule has 2 aromatic rings. The minimum Gasteiger partial charge on any atom is -0.497 e. The Morgan fingerprint density at radius 2 is 1.69 bits per heavy atom. The Morgan fingerprint density at radius 3 is 2.38 bits per heavy atom. The van der Waals surface area contributed by atoms with Crippen LogP contribution in [-0.4, -0.2) is 96.3 Å². The zero-order valence-electron chi connectivity index (χ0n) is 22.6. The number of hydrogen-bond acceptors (Lipinski definition) is 9. The van der Waals surface area contributed by atoms with E-state index in [1.165, 1.54) is 10.4 Å². The third kappa shape index (κ3) is 4.99. The number of benzene rings is 2. The van der Waals surface area contributed by atoms with Crippen molar-refractivity contribution in [2.75, 3.05) is 67.9 Å². The number of fused-ring (bicyclic) bond motifs is 2. The molecule has 11 nitrogen and oxygen atoms in total. The predicted octanol–water partition coefficient (Wildman–Crippen LogP) is 1.98.